The molecule has 2 aliphatic heterocycles. The molecule has 0 N–H and O–H groups in total. The maximum absolute atomic E-state index is 2.74. The van der Waals surface area contributed by atoms with Crippen LogP contribution in [0, 0.1) is 0 Å². The van der Waals surface area contributed by atoms with Crippen LogP contribution in [0.2, 0.25) is 0 Å². The second-order valence-electron chi connectivity index (χ2n) is 5.83. The minimum atomic E-state index is 0.730. The molecule has 0 aliphatic carbocycles. The predicted molar refractivity (Wildman–Crippen MR) is 73.4 cm³/mol. The number of rotatable bonds is 3. The molecule has 2 heterocycles. The van der Waals surface area contributed by atoms with E-state index in [1.807, 2.05) is 0 Å². The summed E-state index contributed by atoms with van der Waals surface area (Å²) in [6, 6.07) is 1.59. The Bertz CT molecular complexity index is 214. The van der Waals surface area contributed by atoms with Gasteiger partial charge in [0.15, 0.2) is 0 Å². The van der Waals surface area contributed by atoms with Crippen molar-refractivity contribution in [1.82, 2.24) is 14.7 Å². The second kappa shape index (κ2) is 6.17. The molecule has 2 saturated heterocycles. The highest BCUT2D eigenvalue weighted by molar-refractivity contribution is 4.84. The van der Waals surface area contributed by atoms with Crippen molar-refractivity contribution in [2.24, 2.45) is 0 Å². The lowest BCUT2D eigenvalue weighted by Gasteiger charge is -2.43. The van der Waals surface area contributed by atoms with E-state index in [1.54, 1.807) is 0 Å². The average Bonchev–Trinajstić information content (AvgIpc) is 2.39. The van der Waals surface area contributed by atoms with Crippen LogP contribution in [0.3, 0.4) is 0 Å². The lowest BCUT2D eigenvalue weighted by Crippen LogP contribution is -2.53. The highest BCUT2D eigenvalue weighted by Gasteiger charge is 2.27. The molecule has 2 fully saturated rings. The van der Waals surface area contributed by atoms with E-state index in [9.17, 15) is 0 Å². The van der Waals surface area contributed by atoms with Gasteiger partial charge in [0.25, 0.3) is 0 Å². The van der Waals surface area contributed by atoms with Gasteiger partial charge in [-0.15, -0.1) is 0 Å². The zero-order chi connectivity index (χ0) is 12.3. The Kier molecular flexibility index (Phi) is 4.83. The van der Waals surface area contributed by atoms with Gasteiger partial charge < -0.3 is 9.80 Å². The van der Waals surface area contributed by atoms with E-state index >= 15 is 0 Å². The fourth-order valence-corrected chi connectivity index (χ4v) is 3.21. The van der Waals surface area contributed by atoms with Crippen molar-refractivity contribution in [1.29, 1.82) is 0 Å². The van der Waals surface area contributed by atoms with Gasteiger partial charge in [-0.2, -0.15) is 0 Å². The lowest BCUT2D eigenvalue weighted by molar-refractivity contribution is 0.0535. The van der Waals surface area contributed by atoms with Gasteiger partial charge in [0.1, 0.15) is 0 Å². The third kappa shape index (κ3) is 3.43. The molecule has 0 atom stereocenters. The number of nitrogens with zero attached hydrogens (tertiary/aromatic N) is 3. The molecule has 0 aromatic carbocycles. The molecule has 0 bridgehead atoms. The van der Waals surface area contributed by atoms with Crippen LogP contribution < -0.4 is 0 Å². The number of piperidine rings is 1. The summed E-state index contributed by atoms with van der Waals surface area (Å²) < 4.78 is 0. The Morgan fingerprint density at radius 1 is 0.941 bits per heavy atom. The summed E-state index contributed by atoms with van der Waals surface area (Å²) in [5.41, 5.74) is 0. The molecule has 0 radical (unpaired) electrons. The summed E-state index contributed by atoms with van der Waals surface area (Å²) in [6.45, 7) is 15.9. The smallest absolute Gasteiger partial charge is 0.0121 e. The first kappa shape index (κ1) is 13.3. The van der Waals surface area contributed by atoms with Gasteiger partial charge in [-0.25, -0.2) is 0 Å². The van der Waals surface area contributed by atoms with E-state index in [0.29, 0.717) is 0 Å². The zero-order valence-electron chi connectivity index (χ0n) is 11.9. The quantitative estimate of drug-likeness (QED) is 0.739. The summed E-state index contributed by atoms with van der Waals surface area (Å²) in [6.07, 6.45) is 2.76. The van der Waals surface area contributed by atoms with Gasteiger partial charge in [0, 0.05) is 38.3 Å². The number of hydrogen-bond acceptors (Lipinski definition) is 3. The normalized spacial score (nSPS) is 26.8. The summed E-state index contributed by atoms with van der Waals surface area (Å²) in [7, 11) is 0. The van der Waals surface area contributed by atoms with Crippen molar-refractivity contribution in [3.8, 4) is 0 Å². The Morgan fingerprint density at radius 3 is 2.00 bits per heavy atom. The predicted octanol–water partition coefficient (Wildman–Crippen LogP) is 1.50. The number of likely N-dealkylation sites (N-methyl/N-ethyl adjacent to an activating group) is 1. The second-order valence-corrected chi connectivity index (χ2v) is 5.83. The molecule has 0 aromatic heterocycles. The first-order valence-corrected chi connectivity index (χ1v) is 7.41. The van der Waals surface area contributed by atoms with Crippen LogP contribution in [-0.2, 0) is 0 Å². The Labute approximate surface area is 107 Å². The third-order valence-electron chi connectivity index (χ3n) is 4.60. The van der Waals surface area contributed by atoms with E-state index in [0.717, 1.165) is 12.1 Å². The SMILES string of the molecule is CCN1CCN(C2CCN(C(C)C)CC2)CC1. The van der Waals surface area contributed by atoms with Gasteiger partial charge in [-0.3, -0.25) is 4.90 Å². The molecule has 17 heavy (non-hydrogen) atoms. The fraction of sp³-hybridized carbons (Fsp3) is 1.00. The van der Waals surface area contributed by atoms with Crippen molar-refractivity contribution in [3.05, 3.63) is 0 Å². The summed E-state index contributed by atoms with van der Waals surface area (Å²) in [5.74, 6) is 0. The molecule has 100 valence electrons. The van der Waals surface area contributed by atoms with Crippen LogP contribution in [-0.4, -0.2) is 72.6 Å². The molecular formula is C14H29N3. The van der Waals surface area contributed by atoms with Crippen LogP contribution in [0.25, 0.3) is 0 Å². The van der Waals surface area contributed by atoms with Crippen molar-refractivity contribution in [3.63, 3.8) is 0 Å². The first-order valence-electron chi connectivity index (χ1n) is 7.41. The van der Waals surface area contributed by atoms with E-state index in [2.05, 4.69) is 35.5 Å². The van der Waals surface area contributed by atoms with E-state index in [-0.39, 0.29) is 0 Å². The average molecular weight is 239 g/mol. The topological polar surface area (TPSA) is 9.72 Å². The molecule has 0 aromatic rings. The molecule has 0 spiro atoms. The number of likely N-dealkylation sites (tertiary alicyclic amines) is 1. The molecule has 3 heteroatoms. The van der Waals surface area contributed by atoms with Gasteiger partial charge in [-0.05, 0) is 46.3 Å². The van der Waals surface area contributed by atoms with Crippen molar-refractivity contribution in [2.45, 2.75) is 45.7 Å². The summed E-state index contributed by atoms with van der Waals surface area (Å²) >= 11 is 0. The minimum Gasteiger partial charge on any atom is -0.301 e. The van der Waals surface area contributed by atoms with Gasteiger partial charge in [0.2, 0.25) is 0 Å². The zero-order valence-corrected chi connectivity index (χ0v) is 11.9. The molecule has 0 unspecified atom stereocenters. The van der Waals surface area contributed by atoms with Crippen LogP contribution in [0.4, 0.5) is 0 Å². The van der Waals surface area contributed by atoms with E-state index in [1.165, 1.54) is 58.7 Å². The van der Waals surface area contributed by atoms with Crippen LogP contribution in [0.5, 0.6) is 0 Å². The minimum absolute atomic E-state index is 0.730. The monoisotopic (exact) mass is 239 g/mol. The molecule has 3 nitrogen and oxygen atoms in total. The number of hydrogen-bond donors (Lipinski definition) is 0. The Morgan fingerprint density at radius 2 is 1.53 bits per heavy atom. The van der Waals surface area contributed by atoms with Gasteiger partial charge in [-0.1, -0.05) is 6.92 Å². The maximum Gasteiger partial charge on any atom is 0.0121 e. The lowest BCUT2D eigenvalue weighted by atomic mass is 10.0. The van der Waals surface area contributed by atoms with Gasteiger partial charge in [0.05, 0.1) is 0 Å². The largest absolute Gasteiger partial charge is 0.301 e. The molecule has 0 saturated carbocycles. The molecule has 0 amide bonds. The summed E-state index contributed by atoms with van der Waals surface area (Å²) in [5, 5.41) is 0. The van der Waals surface area contributed by atoms with Crippen LogP contribution in [0.1, 0.15) is 33.6 Å². The highest BCUT2D eigenvalue weighted by atomic mass is 15.3. The molecule has 2 rings (SSSR count). The van der Waals surface area contributed by atoms with Crippen molar-refractivity contribution in [2.75, 3.05) is 45.8 Å². The van der Waals surface area contributed by atoms with Crippen LogP contribution >= 0.6 is 0 Å². The molecule has 2 aliphatic rings. The number of piperazine rings is 1. The fourth-order valence-electron chi connectivity index (χ4n) is 3.21. The van der Waals surface area contributed by atoms with Crippen molar-refractivity contribution >= 4 is 0 Å². The summed E-state index contributed by atoms with van der Waals surface area (Å²) in [4.78, 5) is 7.93. The highest BCUT2D eigenvalue weighted by Crippen LogP contribution is 2.19. The van der Waals surface area contributed by atoms with E-state index < -0.39 is 0 Å². The van der Waals surface area contributed by atoms with Crippen molar-refractivity contribution < 1.29 is 0 Å². The first-order chi connectivity index (χ1) is 8.20. The van der Waals surface area contributed by atoms with Crippen LogP contribution in [0.15, 0.2) is 0 Å². The third-order valence-corrected chi connectivity index (χ3v) is 4.60. The Balaban J connectivity index is 1.74. The standard InChI is InChI=1S/C14H29N3/c1-4-15-9-11-17(12-10-15)14-5-7-16(8-6-14)13(2)3/h13-14H,4-12H2,1-3H3. The molecular weight excluding hydrogens is 210 g/mol. The Hall–Kier alpha value is -0.120. The maximum atomic E-state index is 2.74. The van der Waals surface area contributed by atoms with E-state index in [4.69, 9.17) is 0 Å². The van der Waals surface area contributed by atoms with Gasteiger partial charge >= 0.3 is 0 Å².